The van der Waals surface area contributed by atoms with Crippen LogP contribution in [0, 0.1) is 13.8 Å². The van der Waals surface area contributed by atoms with Gasteiger partial charge in [0.2, 0.25) is 0 Å². The lowest BCUT2D eigenvalue weighted by atomic mass is 10.0. The van der Waals surface area contributed by atoms with E-state index in [1.807, 2.05) is 68.4 Å². The number of hydrogen-bond donors (Lipinski definition) is 1. The molecule has 0 aliphatic rings. The van der Waals surface area contributed by atoms with E-state index < -0.39 is 5.91 Å². The lowest BCUT2D eigenvalue weighted by molar-refractivity contribution is 0.1000. The molecule has 28 heavy (non-hydrogen) atoms. The maximum Gasteiger partial charge on any atom is 0.251 e. The SMILES string of the molecule is Cc1c(C(N)=O)c(-c2ccc3ccccc3n2)c(C)n1CCc1ccccc1. The molecule has 0 aliphatic carbocycles. The molecule has 140 valence electrons. The highest BCUT2D eigenvalue weighted by Gasteiger charge is 2.23. The fourth-order valence-electron chi connectivity index (χ4n) is 3.92. The molecule has 2 aromatic heterocycles. The Balaban J connectivity index is 1.80. The van der Waals surface area contributed by atoms with Crippen LogP contribution >= 0.6 is 0 Å². The monoisotopic (exact) mass is 369 g/mol. The molecule has 2 N–H and O–H groups in total. The van der Waals surface area contributed by atoms with E-state index in [0.717, 1.165) is 46.5 Å². The molecule has 0 aliphatic heterocycles. The fraction of sp³-hybridized carbons (Fsp3) is 0.167. The minimum Gasteiger partial charge on any atom is -0.366 e. The van der Waals surface area contributed by atoms with Gasteiger partial charge in [-0.25, -0.2) is 4.98 Å². The molecule has 0 saturated carbocycles. The van der Waals surface area contributed by atoms with Crippen molar-refractivity contribution in [3.63, 3.8) is 0 Å². The molecule has 0 atom stereocenters. The van der Waals surface area contributed by atoms with E-state index in [4.69, 9.17) is 10.7 Å². The maximum absolute atomic E-state index is 12.3. The van der Waals surface area contributed by atoms with Crippen LogP contribution < -0.4 is 5.73 Å². The predicted molar refractivity (Wildman–Crippen MR) is 113 cm³/mol. The summed E-state index contributed by atoms with van der Waals surface area (Å²) in [4.78, 5) is 17.1. The van der Waals surface area contributed by atoms with Crippen LogP contribution in [-0.2, 0) is 13.0 Å². The lowest BCUT2D eigenvalue weighted by Gasteiger charge is -2.10. The highest BCUT2D eigenvalue weighted by atomic mass is 16.1. The van der Waals surface area contributed by atoms with Gasteiger partial charge >= 0.3 is 0 Å². The summed E-state index contributed by atoms with van der Waals surface area (Å²) in [6.45, 7) is 4.79. The molecule has 0 radical (unpaired) electrons. The zero-order valence-corrected chi connectivity index (χ0v) is 16.1. The van der Waals surface area contributed by atoms with Gasteiger partial charge in [0.25, 0.3) is 5.91 Å². The topological polar surface area (TPSA) is 60.9 Å². The average molecular weight is 369 g/mol. The Morgan fingerprint density at radius 2 is 1.64 bits per heavy atom. The molecule has 0 spiro atoms. The van der Waals surface area contributed by atoms with Crippen LogP contribution in [0.4, 0.5) is 0 Å². The van der Waals surface area contributed by atoms with E-state index in [9.17, 15) is 4.79 Å². The van der Waals surface area contributed by atoms with Crippen molar-refractivity contribution >= 4 is 16.8 Å². The van der Waals surface area contributed by atoms with Gasteiger partial charge in [-0.05, 0) is 38.0 Å². The smallest absolute Gasteiger partial charge is 0.251 e. The van der Waals surface area contributed by atoms with E-state index >= 15 is 0 Å². The number of fused-ring (bicyclic) bond motifs is 1. The summed E-state index contributed by atoms with van der Waals surface area (Å²) in [5.41, 5.74) is 12.0. The van der Waals surface area contributed by atoms with Crippen molar-refractivity contribution in [1.29, 1.82) is 0 Å². The van der Waals surface area contributed by atoms with Crippen LogP contribution in [0.5, 0.6) is 0 Å². The van der Waals surface area contributed by atoms with Crippen molar-refractivity contribution in [1.82, 2.24) is 9.55 Å². The first-order valence-corrected chi connectivity index (χ1v) is 9.46. The predicted octanol–water partition coefficient (Wildman–Crippen LogP) is 4.66. The molecule has 4 rings (SSSR count). The minimum atomic E-state index is -0.413. The second-order valence-corrected chi connectivity index (χ2v) is 7.06. The fourth-order valence-corrected chi connectivity index (χ4v) is 3.92. The van der Waals surface area contributed by atoms with Gasteiger partial charge < -0.3 is 10.3 Å². The van der Waals surface area contributed by atoms with Crippen LogP contribution in [0.15, 0.2) is 66.7 Å². The Morgan fingerprint density at radius 1 is 0.929 bits per heavy atom. The van der Waals surface area contributed by atoms with Crippen LogP contribution in [0.25, 0.3) is 22.2 Å². The molecule has 4 nitrogen and oxygen atoms in total. The van der Waals surface area contributed by atoms with Gasteiger partial charge in [-0.2, -0.15) is 0 Å². The molecule has 0 fully saturated rings. The summed E-state index contributed by atoms with van der Waals surface area (Å²) in [6, 6.07) is 22.3. The number of carbonyl (C=O) groups is 1. The third-order valence-electron chi connectivity index (χ3n) is 5.35. The normalized spacial score (nSPS) is 11.1. The van der Waals surface area contributed by atoms with E-state index in [1.165, 1.54) is 5.56 Å². The third-order valence-corrected chi connectivity index (χ3v) is 5.35. The lowest BCUT2D eigenvalue weighted by Crippen LogP contribution is -2.14. The highest BCUT2D eigenvalue weighted by molar-refractivity contribution is 6.02. The Hall–Kier alpha value is -3.40. The summed E-state index contributed by atoms with van der Waals surface area (Å²) >= 11 is 0. The Labute approximate surface area is 164 Å². The quantitative estimate of drug-likeness (QED) is 0.556. The third kappa shape index (κ3) is 3.18. The molecule has 0 bridgehead atoms. The van der Waals surface area contributed by atoms with E-state index in [0.29, 0.717) is 5.56 Å². The summed E-state index contributed by atoms with van der Waals surface area (Å²) in [7, 11) is 0. The Morgan fingerprint density at radius 3 is 2.39 bits per heavy atom. The molecule has 4 aromatic rings. The zero-order valence-electron chi connectivity index (χ0n) is 16.1. The molecule has 2 heterocycles. The van der Waals surface area contributed by atoms with Crippen molar-refractivity contribution < 1.29 is 4.79 Å². The van der Waals surface area contributed by atoms with Gasteiger partial charge in [0.15, 0.2) is 0 Å². The molecule has 1 amide bonds. The number of primary amides is 1. The number of benzene rings is 2. The summed E-state index contributed by atoms with van der Waals surface area (Å²) < 4.78 is 2.18. The zero-order chi connectivity index (χ0) is 19.7. The molecule has 0 unspecified atom stereocenters. The number of para-hydroxylation sites is 1. The number of rotatable bonds is 5. The standard InChI is InChI=1S/C24H23N3O/c1-16-22(21-13-12-19-10-6-7-11-20(19)26-21)23(24(25)28)17(2)27(16)15-14-18-8-4-3-5-9-18/h3-13H,14-15H2,1-2H3,(H2,25,28). The van der Waals surface area contributed by atoms with Gasteiger partial charge in [-0.15, -0.1) is 0 Å². The number of nitrogens with two attached hydrogens (primary N) is 1. The summed E-state index contributed by atoms with van der Waals surface area (Å²) in [5.74, 6) is -0.413. The Bertz CT molecular complexity index is 1160. The number of pyridine rings is 1. The average Bonchev–Trinajstić information content (AvgIpc) is 2.97. The van der Waals surface area contributed by atoms with Crippen LogP contribution in [-0.4, -0.2) is 15.5 Å². The number of aromatic nitrogens is 2. The summed E-state index contributed by atoms with van der Waals surface area (Å²) in [5, 5.41) is 1.07. The van der Waals surface area contributed by atoms with Gasteiger partial charge in [-0.3, -0.25) is 4.79 Å². The van der Waals surface area contributed by atoms with E-state index in [1.54, 1.807) is 0 Å². The van der Waals surface area contributed by atoms with Gasteiger partial charge in [0, 0.05) is 28.9 Å². The van der Waals surface area contributed by atoms with Gasteiger partial charge in [0.1, 0.15) is 0 Å². The number of hydrogen-bond acceptors (Lipinski definition) is 2. The summed E-state index contributed by atoms with van der Waals surface area (Å²) in [6.07, 6.45) is 0.889. The molecule has 4 heteroatoms. The van der Waals surface area contributed by atoms with Crippen molar-refractivity contribution in [3.8, 4) is 11.3 Å². The molecular weight excluding hydrogens is 346 g/mol. The second-order valence-electron chi connectivity index (χ2n) is 7.06. The number of amides is 1. The highest BCUT2D eigenvalue weighted by Crippen LogP contribution is 2.32. The first-order valence-electron chi connectivity index (χ1n) is 9.46. The van der Waals surface area contributed by atoms with Gasteiger partial charge in [0.05, 0.1) is 16.8 Å². The van der Waals surface area contributed by atoms with Crippen molar-refractivity contribution in [2.75, 3.05) is 0 Å². The first-order chi connectivity index (χ1) is 13.6. The minimum absolute atomic E-state index is 0.413. The first kappa shape index (κ1) is 18.0. The number of carbonyl (C=O) groups excluding carboxylic acids is 1. The molecule has 0 saturated heterocycles. The number of aryl methyl sites for hydroxylation is 1. The molecule has 2 aromatic carbocycles. The molecular formula is C24H23N3O. The largest absolute Gasteiger partial charge is 0.366 e. The number of nitrogens with zero attached hydrogens (tertiary/aromatic N) is 2. The van der Waals surface area contributed by atoms with Crippen LogP contribution in [0.1, 0.15) is 27.3 Å². The van der Waals surface area contributed by atoms with Crippen molar-refractivity contribution in [2.45, 2.75) is 26.8 Å². The maximum atomic E-state index is 12.3. The van der Waals surface area contributed by atoms with Crippen molar-refractivity contribution in [2.24, 2.45) is 5.73 Å². The Kier molecular flexibility index (Phi) is 4.70. The second kappa shape index (κ2) is 7.31. The van der Waals surface area contributed by atoms with E-state index in [-0.39, 0.29) is 0 Å². The van der Waals surface area contributed by atoms with E-state index in [2.05, 4.69) is 16.7 Å². The van der Waals surface area contributed by atoms with Crippen LogP contribution in [0.2, 0.25) is 0 Å². The van der Waals surface area contributed by atoms with Gasteiger partial charge in [-0.1, -0.05) is 54.6 Å². The van der Waals surface area contributed by atoms with Crippen molar-refractivity contribution in [3.05, 3.63) is 89.2 Å². The van der Waals surface area contributed by atoms with Crippen LogP contribution in [0.3, 0.4) is 0 Å².